The van der Waals surface area contributed by atoms with Crippen molar-refractivity contribution in [2.24, 2.45) is 0 Å². The Morgan fingerprint density at radius 2 is 2.00 bits per heavy atom. The quantitative estimate of drug-likeness (QED) is 0.361. The number of halogens is 1. The van der Waals surface area contributed by atoms with E-state index in [1.165, 1.54) is 0 Å². The third kappa shape index (κ3) is 5.68. The van der Waals surface area contributed by atoms with Gasteiger partial charge < -0.3 is 18.5 Å². The van der Waals surface area contributed by atoms with Gasteiger partial charge in [0.15, 0.2) is 17.3 Å². The standard InChI is InChI=1S/C16H22BrNO5SSi/c1-25(2,3)23-16-13(19)14(11-7-5-4-6-8-11)22-15(16)12(17)9-10-18-24(20)21/h4-8,12,18-19H,9-10H2,1-3H3,(H,20,21)/p-1. The van der Waals surface area contributed by atoms with Gasteiger partial charge in [0.1, 0.15) is 0 Å². The van der Waals surface area contributed by atoms with Gasteiger partial charge in [-0.1, -0.05) is 46.3 Å². The number of alkyl halides is 1. The van der Waals surface area contributed by atoms with Gasteiger partial charge in [-0.25, -0.2) is 4.72 Å². The molecule has 9 heteroatoms. The number of hydrogen-bond donors (Lipinski definition) is 2. The van der Waals surface area contributed by atoms with E-state index in [-0.39, 0.29) is 17.1 Å². The molecule has 1 aromatic carbocycles. The van der Waals surface area contributed by atoms with Crippen LogP contribution in [-0.2, 0) is 11.3 Å². The molecule has 0 bridgehead atoms. The lowest BCUT2D eigenvalue weighted by Crippen LogP contribution is -2.29. The van der Waals surface area contributed by atoms with Crippen molar-refractivity contribution in [3.63, 3.8) is 0 Å². The van der Waals surface area contributed by atoms with Crippen LogP contribution in [-0.4, -0.2) is 28.7 Å². The molecule has 0 radical (unpaired) electrons. The highest BCUT2D eigenvalue weighted by Gasteiger charge is 2.30. The summed E-state index contributed by atoms with van der Waals surface area (Å²) >= 11 is 1.19. The summed E-state index contributed by atoms with van der Waals surface area (Å²) in [4.78, 5) is -0.307. The minimum absolute atomic E-state index is 0.0339. The Balaban J connectivity index is 2.37. The summed E-state index contributed by atoms with van der Waals surface area (Å²) in [5.41, 5.74) is 0.741. The molecule has 0 aliphatic carbocycles. The number of hydrogen-bond acceptors (Lipinski definition) is 5. The highest BCUT2D eigenvalue weighted by molar-refractivity contribution is 9.09. The van der Waals surface area contributed by atoms with E-state index >= 15 is 0 Å². The largest absolute Gasteiger partial charge is 0.760 e. The molecule has 138 valence electrons. The number of aromatic hydroxyl groups is 1. The van der Waals surface area contributed by atoms with Crippen molar-refractivity contribution in [2.45, 2.75) is 30.9 Å². The zero-order valence-corrected chi connectivity index (χ0v) is 17.6. The highest BCUT2D eigenvalue weighted by atomic mass is 79.9. The van der Waals surface area contributed by atoms with Crippen molar-refractivity contribution in [3.8, 4) is 22.8 Å². The second-order valence-corrected chi connectivity index (χ2v) is 12.7. The maximum atomic E-state index is 10.7. The van der Waals surface area contributed by atoms with Crippen molar-refractivity contribution < 1.29 is 22.7 Å². The summed E-state index contributed by atoms with van der Waals surface area (Å²) in [5, 5.41) is 10.7. The Morgan fingerprint density at radius 1 is 1.36 bits per heavy atom. The van der Waals surface area contributed by atoms with Crippen molar-refractivity contribution in [3.05, 3.63) is 36.1 Å². The number of rotatable bonds is 8. The first-order chi connectivity index (χ1) is 11.7. The summed E-state index contributed by atoms with van der Waals surface area (Å²) in [5.74, 6) is 1.09. The first-order valence-electron chi connectivity index (χ1n) is 7.76. The third-order valence-corrected chi connectivity index (χ3v) is 5.34. The molecule has 0 saturated heterocycles. The fraction of sp³-hybridized carbons (Fsp3) is 0.375. The van der Waals surface area contributed by atoms with Crippen LogP contribution in [0.4, 0.5) is 0 Å². The van der Waals surface area contributed by atoms with Gasteiger partial charge in [0.05, 0.1) is 4.83 Å². The predicted molar refractivity (Wildman–Crippen MR) is 103 cm³/mol. The van der Waals surface area contributed by atoms with E-state index in [1.54, 1.807) is 0 Å². The van der Waals surface area contributed by atoms with Gasteiger partial charge in [-0.15, -0.1) is 0 Å². The fourth-order valence-electron chi connectivity index (χ4n) is 2.22. The fourth-order valence-corrected chi connectivity index (χ4v) is 3.85. The van der Waals surface area contributed by atoms with Crippen LogP contribution in [0.15, 0.2) is 34.7 Å². The molecule has 25 heavy (non-hydrogen) atoms. The van der Waals surface area contributed by atoms with Gasteiger partial charge in [0.2, 0.25) is 14.1 Å². The monoisotopic (exact) mass is 446 g/mol. The second-order valence-electron chi connectivity index (χ2n) is 6.44. The van der Waals surface area contributed by atoms with Gasteiger partial charge in [-0.3, -0.25) is 4.21 Å². The van der Waals surface area contributed by atoms with Gasteiger partial charge in [-0.2, -0.15) is 0 Å². The minimum Gasteiger partial charge on any atom is -0.760 e. The van der Waals surface area contributed by atoms with Gasteiger partial charge in [-0.05, 0) is 26.1 Å². The molecule has 2 atom stereocenters. The number of nitrogens with one attached hydrogen (secondary N) is 1. The summed E-state index contributed by atoms with van der Waals surface area (Å²) in [6.45, 7) is 6.27. The van der Waals surface area contributed by atoms with Crippen LogP contribution in [0.2, 0.25) is 19.6 Å². The molecule has 0 aliphatic heterocycles. The van der Waals surface area contributed by atoms with Crippen LogP contribution in [0.25, 0.3) is 11.3 Å². The molecular formula is C16H21BrNO5SSi-. The second kappa shape index (κ2) is 8.50. The summed E-state index contributed by atoms with van der Waals surface area (Å²) < 4.78 is 35.5. The lowest BCUT2D eigenvalue weighted by atomic mass is 10.1. The van der Waals surface area contributed by atoms with Crippen molar-refractivity contribution in [1.82, 2.24) is 4.72 Å². The van der Waals surface area contributed by atoms with E-state index < -0.39 is 19.6 Å². The molecule has 0 fully saturated rings. The van der Waals surface area contributed by atoms with Crippen LogP contribution < -0.4 is 9.15 Å². The maximum absolute atomic E-state index is 10.7. The lowest BCUT2D eigenvalue weighted by Gasteiger charge is -2.20. The average Bonchev–Trinajstić information content (AvgIpc) is 2.83. The summed E-state index contributed by atoms with van der Waals surface area (Å²) in [6, 6.07) is 9.27. The van der Waals surface area contributed by atoms with E-state index in [0.717, 1.165) is 5.56 Å². The molecule has 2 aromatic rings. The zero-order chi connectivity index (χ0) is 18.6. The van der Waals surface area contributed by atoms with Crippen molar-refractivity contribution in [1.29, 1.82) is 0 Å². The SMILES string of the molecule is C[Si](C)(C)Oc1c(C(Br)CCNS(=O)[O-])oc(-c2ccccc2)c1O. The smallest absolute Gasteiger partial charge is 0.242 e. The Bertz CT molecular complexity index is 732. The van der Waals surface area contributed by atoms with Crippen LogP contribution in [0.1, 0.15) is 17.0 Å². The van der Waals surface area contributed by atoms with E-state index in [2.05, 4.69) is 20.7 Å². The predicted octanol–water partition coefficient (Wildman–Crippen LogP) is 4.08. The maximum Gasteiger partial charge on any atom is 0.242 e. The van der Waals surface area contributed by atoms with Gasteiger partial charge >= 0.3 is 0 Å². The van der Waals surface area contributed by atoms with Crippen LogP contribution >= 0.6 is 15.9 Å². The molecule has 2 unspecified atom stereocenters. The van der Waals surface area contributed by atoms with Gasteiger partial charge in [0.25, 0.3) is 0 Å². The third-order valence-electron chi connectivity index (χ3n) is 3.21. The molecule has 0 saturated carbocycles. The van der Waals surface area contributed by atoms with E-state index in [9.17, 15) is 13.9 Å². The average molecular weight is 447 g/mol. The normalized spacial score (nSPS) is 14.3. The Labute approximate surface area is 159 Å². The molecule has 6 nitrogen and oxygen atoms in total. The summed E-state index contributed by atoms with van der Waals surface area (Å²) in [7, 11) is -2.00. The molecule has 0 amide bonds. The number of furan rings is 1. The summed E-state index contributed by atoms with van der Waals surface area (Å²) in [6.07, 6.45) is 0.442. The number of benzene rings is 1. The molecule has 0 aliphatic rings. The molecule has 1 heterocycles. The molecule has 0 spiro atoms. The van der Waals surface area contributed by atoms with Crippen LogP contribution in [0.5, 0.6) is 11.5 Å². The lowest BCUT2D eigenvalue weighted by molar-refractivity contribution is 0.438. The Morgan fingerprint density at radius 3 is 2.56 bits per heavy atom. The molecule has 2 N–H and O–H groups in total. The van der Waals surface area contributed by atoms with Crippen molar-refractivity contribution in [2.75, 3.05) is 6.54 Å². The highest BCUT2D eigenvalue weighted by Crippen LogP contribution is 2.48. The van der Waals surface area contributed by atoms with E-state index in [1.807, 2.05) is 50.0 Å². The van der Waals surface area contributed by atoms with Crippen LogP contribution in [0, 0.1) is 0 Å². The first-order valence-corrected chi connectivity index (χ1v) is 13.2. The topological polar surface area (TPSA) is 94.8 Å². The Hall–Kier alpha value is -1.13. The minimum atomic E-state index is -2.31. The van der Waals surface area contributed by atoms with Crippen molar-refractivity contribution >= 4 is 35.5 Å². The van der Waals surface area contributed by atoms with Gasteiger partial charge in [0, 0.05) is 23.4 Å². The van der Waals surface area contributed by atoms with Crippen LogP contribution in [0.3, 0.4) is 0 Å². The first kappa shape index (κ1) is 20.2. The Kier molecular flexibility index (Phi) is 6.86. The van der Waals surface area contributed by atoms with E-state index in [4.69, 9.17) is 8.84 Å². The zero-order valence-electron chi connectivity index (χ0n) is 14.2. The molecule has 1 aromatic heterocycles. The molecular weight excluding hydrogens is 426 g/mol. The van der Waals surface area contributed by atoms with E-state index in [0.29, 0.717) is 23.7 Å². The molecule has 2 rings (SSSR count).